The van der Waals surface area contributed by atoms with Crippen LogP contribution in [0.4, 0.5) is 10.6 Å². The molecule has 4 aromatic heterocycles. The van der Waals surface area contributed by atoms with E-state index in [0.717, 1.165) is 105 Å². The molecular weight excluding hydrogens is 1100 g/mol. The second kappa shape index (κ2) is 22.8. The van der Waals surface area contributed by atoms with E-state index in [1.54, 1.807) is 29.2 Å². The zero-order valence-electron chi connectivity index (χ0n) is 49.3. The Morgan fingerprint density at radius 1 is 0.941 bits per heavy atom. The number of ether oxygens (including phenoxy) is 3. The predicted octanol–water partition coefficient (Wildman–Crippen LogP) is 8.87. The molecule has 20 nitrogen and oxygen atoms in total. The van der Waals surface area contributed by atoms with E-state index in [-0.39, 0.29) is 85.2 Å². The number of piperidine rings is 1. The third kappa shape index (κ3) is 11.0. The lowest BCUT2D eigenvalue weighted by Gasteiger charge is -2.35. The molecule has 0 saturated carbocycles. The van der Waals surface area contributed by atoms with E-state index in [9.17, 15) is 24.6 Å². The van der Waals surface area contributed by atoms with E-state index in [1.807, 2.05) is 87.9 Å². The van der Waals surface area contributed by atoms with Crippen molar-refractivity contribution >= 4 is 56.7 Å². The number of likely N-dealkylation sites (N-methyl/N-ethyl adjacent to an activating group) is 1. The lowest BCUT2D eigenvalue weighted by molar-refractivity contribution is -0.141. The molecule has 3 unspecified atom stereocenters. The maximum atomic E-state index is 14.5. The minimum Gasteiger partial charge on any atom is -0.508 e. The van der Waals surface area contributed by atoms with Gasteiger partial charge < -0.3 is 54.3 Å². The molecule has 446 valence electrons. The number of carbonyl (C=O) groups is 3. The Kier molecular flexibility index (Phi) is 15.2. The number of aromatic hydroxyl groups is 1. The fourth-order valence-corrected chi connectivity index (χ4v) is 15.0. The molecule has 13 rings (SSSR count). The van der Waals surface area contributed by atoms with Crippen LogP contribution in [-0.4, -0.2) is 163 Å². The van der Waals surface area contributed by atoms with Crippen LogP contribution >= 0.6 is 11.3 Å². The number of phenols is 1. The van der Waals surface area contributed by atoms with Crippen LogP contribution in [0, 0.1) is 12.8 Å². The molecule has 3 aromatic carbocycles. The van der Waals surface area contributed by atoms with Crippen molar-refractivity contribution in [2.75, 3.05) is 57.9 Å². The van der Waals surface area contributed by atoms with Gasteiger partial charge in [0, 0.05) is 98.9 Å². The molecule has 85 heavy (non-hydrogen) atoms. The molecule has 9 atom stereocenters. The molecule has 5 fully saturated rings. The number of nitrogens with zero attached hydrogens (tertiary/aromatic N) is 9. The summed E-state index contributed by atoms with van der Waals surface area (Å²) >= 11 is 1.58. The Bertz CT molecular complexity index is 3660. The van der Waals surface area contributed by atoms with Crippen LogP contribution in [0.3, 0.4) is 0 Å². The number of piperazine rings is 1. The first-order chi connectivity index (χ1) is 40.9. The number of phenolic OH excluding ortho intramolecular Hbond substituents is 1. The zero-order valence-corrected chi connectivity index (χ0v) is 50.1. The fourth-order valence-electron chi connectivity index (χ4n) is 14.2. The average molecular weight is 1170 g/mol. The van der Waals surface area contributed by atoms with Crippen molar-refractivity contribution in [3.05, 3.63) is 101 Å². The molecule has 0 spiro atoms. The Balaban J connectivity index is 0.607. The number of thiazole rings is 1. The molecular formula is C64H75N11O9S. The first-order valence-corrected chi connectivity index (χ1v) is 31.0. The van der Waals surface area contributed by atoms with Crippen molar-refractivity contribution in [3.63, 3.8) is 0 Å². The summed E-state index contributed by atoms with van der Waals surface area (Å²) in [6.45, 7) is 14.7. The van der Waals surface area contributed by atoms with E-state index in [0.29, 0.717) is 56.4 Å². The molecule has 21 heteroatoms. The molecule has 5 aliphatic heterocycles. The van der Waals surface area contributed by atoms with Gasteiger partial charge in [0.05, 0.1) is 50.9 Å². The van der Waals surface area contributed by atoms with Gasteiger partial charge in [0.1, 0.15) is 42.8 Å². The Morgan fingerprint density at radius 2 is 1.69 bits per heavy atom. The van der Waals surface area contributed by atoms with Crippen LogP contribution in [0.15, 0.2) is 76.9 Å². The number of carbonyl (C=O) groups excluding carboxylic acids is 3. The first-order valence-electron chi connectivity index (χ1n) is 30.1. The molecule has 1 aliphatic carbocycles. The number of amides is 3. The van der Waals surface area contributed by atoms with Crippen molar-refractivity contribution in [2.24, 2.45) is 5.92 Å². The van der Waals surface area contributed by atoms with Crippen LogP contribution in [0.1, 0.15) is 126 Å². The molecule has 0 radical (unpaired) electrons. The monoisotopic (exact) mass is 1170 g/mol. The van der Waals surface area contributed by atoms with E-state index in [2.05, 4.69) is 50.6 Å². The van der Waals surface area contributed by atoms with Gasteiger partial charge in [0.15, 0.2) is 5.76 Å². The number of nitrogens with one attached hydrogen (secondary N) is 2. The molecule has 4 N–H and O–H groups in total. The van der Waals surface area contributed by atoms with Crippen molar-refractivity contribution < 1.29 is 43.3 Å². The number of aromatic nitrogens is 5. The fraction of sp³-hybridized carbons (Fsp3) is 0.500. The summed E-state index contributed by atoms with van der Waals surface area (Å²) in [6.07, 6.45) is 6.39. The summed E-state index contributed by atoms with van der Waals surface area (Å²) in [6, 6.07) is 19.4. The lowest BCUT2D eigenvalue weighted by atomic mass is 9.79. The van der Waals surface area contributed by atoms with E-state index in [4.69, 9.17) is 33.7 Å². The van der Waals surface area contributed by atoms with Gasteiger partial charge in [0.2, 0.25) is 11.8 Å². The van der Waals surface area contributed by atoms with Gasteiger partial charge in [0.25, 0.3) is 5.88 Å². The van der Waals surface area contributed by atoms with Gasteiger partial charge in [-0.1, -0.05) is 63.2 Å². The van der Waals surface area contributed by atoms with Gasteiger partial charge in [-0.3, -0.25) is 19.5 Å². The minimum absolute atomic E-state index is 0.00250. The molecule has 7 aromatic rings. The van der Waals surface area contributed by atoms with Crippen LogP contribution < -0.4 is 25.0 Å². The average Bonchev–Trinajstić information content (AvgIpc) is 1.72. The highest BCUT2D eigenvalue weighted by Gasteiger charge is 2.48. The summed E-state index contributed by atoms with van der Waals surface area (Å²) < 4.78 is 24.7. The Hall–Kier alpha value is -7.46. The number of aliphatic hydroxyl groups is 1. The van der Waals surface area contributed by atoms with Crippen molar-refractivity contribution in [3.8, 4) is 39.3 Å². The Labute approximate surface area is 498 Å². The topological polar surface area (TPSA) is 234 Å². The van der Waals surface area contributed by atoms with Gasteiger partial charge in [-0.05, 0) is 104 Å². The highest BCUT2D eigenvalue weighted by atomic mass is 32.1. The molecule has 3 amide bonds. The van der Waals surface area contributed by atoms with Crippen molar-refractivity contribution in [1.29, 1.82) is 0 Å². The number of likely N-dealkylation sites (tertiary alicyclic amines) is 3. The smallest absolute Gasteiger partial charge is 0.409 e. The number of β-amino-alcohol motifs (C(OH)–C–C–N with tert-alkyl or cyclic N) is 1. The minimum atomic E-state index is -1.27. The number of anilines is 1. The largest absolute Gasteiger partial charge is 0.508 e. The number of benzene rings is 3. The normalized spacial score (nSPS) is 24.7. The summed E-state index contributed by atoms with van der Waals surface area (Å²) in [5, 5.41) is 36.1. The molecule has 6 aliphatic rings. The van der Waals surface area contributed by atoms with Crippen LogP contribution in [-0.2, 0) is 14.3 Å². The predicted molar refractivity (Wildman–Crippen MR) is 322 cm³/mol. The highest BCUT2D eigenvalue weighted by Crippen LogP contribution is 2.49. The second-order valence-corrected chi connectivity index (χ2v) is 26.0. The lowest BCUT2D eigenvalue weighted by Crippen LogP contribution is -2.51. The number of hydrogen-bond acceptors (Lipinski definition) is 18. The van der Waals surface area contributed by atoms with Crippen LogP contribution in [0.25, 0.3) is 43.4 Å². The summed E-state index contributed by atoms with van der Waals surface area (Å²) in [5.41, 5.74) is 8.18. The third-order valence-electron chi connectivity index (χ3n) is 18.8. The van der Waals surface area contributed by atoms with Gasteiger partial charge in [-0.2, -0.15) is 9.97 Å². The van der Waals surface area contributed by atoms with Crippen LogP contribution in [0.5, 0.6) is 17.6 Å². The summed E-state index contributed by atoms with van der Waals surface area (Å²) in [7, 11) is 2.05. The Morgan fingerprint density at radius 3 is 2.42 bits per heavy atom. The SMILES string of the molecule is Cc1ncsc1-c1ccc([C@H](C)NC(=O)[C@@H]2C[C@@](C)(O)CN2C(=O)[C@H](c2cc(OC3CCN(C(=O)OC[C@@H]4CC[C@@H](COc5nc(N6CC7CCC(C6)N7)c6cnc7c(c6n5)C(C)c5cccc6cc(O)cc-7c56)N4C)CC3)no2)C(C)C)cc1. The number of rotatable bonds is 15. The maximum absolute atomic E-state index is 14.5. The standard InChI is InChI=1S/C64H75N11O9S/c1-34(2)53(61(78)75-32-64(6,80)26-50(75)60(77)67-36(4)38-11-13-39(14-12-38)58-37(5)66-33-85-58)51-25-52(71-84-51)83-46-19-21-73(22-20-46)63(79)82-31-44-18-17-43(72(44)7)30-81-62-69-57-49(59(70-62)74-28-41-15-16-42(29-74)68-41)27-65-56-48-24-45(76)23-40-9-8-10-47(55(40)48)35(3)54(56)57/h8-14,23-25,27,33-36,41-44,46,50,53,68,76,80H,15-22,26,28-32H2,1-7H3,(H,67,77)/t35?,36-,41?,42?,43-,44-,50-,53-,64+/m0/s1. The van der Waals surface area contributed by atoms with E-state index in [1.165, 1.54) is 10.5 Å². The number of hydrogen-bond donors (Lipinski definition) is 4. The van der Waals surface area contributed by atoms with Crippen LogP contribution in [0.2, 0.25) is 0 Å². The quantitative estimate of drug-likeness (QED) is 0.0750. The number of pyridine rings is 1. The van der Waals surface area contributed by atoms with Gasteiger partial charge in [-0.15, -0.1) is 11.3 Å². The maximum Gasteiger partial charge on any atom is 0.409 e. The molecule has 5 saturated heterocycles. The van der Waals surface area contributed by atoms with Crippen molar-refractivity contribution in [1.82, 2.24) is 50.4 Å². The van der Waals surface area contributed by atoms with Gasteiger partial charge >= 0.3 is 12.1 Å². The van der Waals surface area contributed by atoms with Crippen molar-refractivity contribution in [2.45, 2.75) is 146 Å². The molecule has 9 heterocycles. The third-order valence-corrected chi connectivity index (χ3v) is 19.8. The highest BCUT2D eigenvalue weighted by molar-refractivity contribution is 7.13. The summed E-state index contributed by atoms with van der Waals surface area (Å²) in [4.78, 5) is 70.8. The number of fused-ring (bicyclic) bond motifs is 6. The van der Waals surface area contributed by atoms with E-state index >= 15 is 0 Å². The zero-order chi connectivity index (χ0) is 59.0. The van der Waals surface area contributed by atoms with Gasteiger partial charge in [-0.25, -0.2) is 9.78 Å². The first kappa shape index (κ1) is 56.7. The summed E-state index contributed by atoms with van der Waals surface area (Å²) in [5.74, 6) is -0.159. The number of aryl methyl sites for hydroxylation is 1. The molecule has 2 bridgehead atoms. The second-order valence-electron chi connectivity index (χ2n) is 25.1. The van der Waals surface area contributed by atoms with E-state index < -0.39 is 17.6 Å².